The molecule has 3 rings (SSSR count). The van der Waals surface area contributed by atoms with Crippen LogP contribution in [-0.4, -0.2) is 28.2 Å². The maximum absolute atomic E-state index is 10.7. The van der Waals surface area contributed by atoms with E-state index in [1.54, 1.807) is 0 Å². The number of hydrogen-bond donors (Lipinski definition) is 3. The molecule has 7 heteroatoms. The third-order valence-electron chi connectivity index (χ3n) is 4.44. The number of nitrogens with one attached hydrogen (secondary N) is 2. The lowest BCUT2D eigenvalue weighted by molar-refractivity contribution is -0.105. The summed E-state index contributed by atoms with van der Waals surface area (Å²) in [5.74, 6) is 0.401. The molecular weight excluding hydrogens is 358 g/mol. The number of nitrogens with two attached hydrogens (primary N) is 1. The fourth-order valence-electron chi connectivity index (χ4n) is 3.17. The van der Waals surface area contributed by atoms with Crippen molar-refractivity contribution >= 4 is 24.3 Å². The van der Waals surface area contributed by atoms with Crippen molar-refractivity contribution in [2.75, 3.05) is 12.4 Å². The van der Waals surface area contributed by atoms with E-state index >= 15 is 0 Å². The van der Waals surface area contributed by atoms with Gasteiger partial charge in [-0.1, -0.05) is 26.1 Å². The van der Waals surface area contributed by atoms with E-state index in [-0.39, 0.29) is 0 Å². The second-order valence-electron chi connectivity index (χ2n) is 6.99. The van der Waals surface area contributed by atoms with Crippen molar-refractivity contribution in [1.29, 1.82) is 0 Å². The lowest BCUT2D eigenvalue weighted by atomic mass is 9.99. The summed E-state index contributed by atoms with van der Waals surface area (Å²) in [6.07, 6.45) is 5.95. The summed E-state index contributed by atoms with van der Waals surface area (Å²) in [4.78, 5) is 15.4. The van der Waals surface area contributed by atoms with E-state index in [0.29, 0.717) is 12.0 Å². The summed E-state index contributed by atoms with van der Waals surface area (Å²) in [6, 6.07) is 2.36. The molecule has 2 aromatic rings. The molecule has 2 heterocycles. The van der Waals surface area contributed by atoms with Gasteiger partial charge in [0.25, 0.3) is 0 Å². The van der Waals surface area contributed by atoms with Crippen molar-refractivity contribution in [1.82, 2.24) is 14.8 Å². The number of hydrogen-bond acceptors (Lipinski definition) is 4. The predicted octanol–water partition coefficient (Wildman–Crippen LogP) is 4.27. The molecule has 27 heavy (non-hydrogen) atoms. The fourth-order valence-corrected chi connectivity index (χ4v) is 3.34. The Kier molecular flexibility index (Phi) is 9.38. The molecule has 0 radical (unpaired) electrons. The molecule has 1 aliphatic carbocycles. The Morgan fingerprint density at radius 2 is 1.96 bits per heavy atom. The second-order valence-corrected chi connectivity index (χ2v) is 7.43. The van der Waals surface area contributed by atoms with Crippen molar-refractivity contribution in [3.05, 3.63) is 39.4 Å². The maximum Gasteiger partial charge on any atom is 0.211 e. The summed E-state index contributed by atoms with van der Waals surface area (Å²) in [6.45, 7) is 10.5. The Balaban J connectivity index is 0.000000282. The van der Waals surface area contributed by atoms with E-state index in [4.69, 9.17) is 17.2 Å². The highest BCUT2D eigenvalue weighted by Gasteiger charge is 2.21. The molecule has 0 aromatic carbocycles. The van der Waals surface area contributed by atoms with Crippen LogP contribution in [0.2, 0.25) is 0 Å². The number of amides is 1. The van der Waals surface area contributed by atoms with Gasteiger partial charge in [0.05, 0.1) is 5.69 Å². The molecule has 4 N–H and O–H groups in total. The van der Waals surface area contributed by atoms with Gasteiger partial charge in [-0.05, 0) is 70.2 Å². The number of pyridine rings is 1. The second kappa shape index (κ2) is 11.0. The molecular formula is C20H33N5OS. The highest BCUT2D eigenvalue weighted by atomic mass is 32.1. The number of nitrogens with zero attached hydrogens (tertiary/aromatic N) is 2. The number of aromatic amines is 1. The van der Waals surface area contributed by atoms with Crippen molar-refractivity contribution in [3.8, 4) is 0 Å². The maximum atomic E-state index is 10.7. The first-order chi connectivity index (χ1) is 12.8. The van der Waals surface area contributed by atoms with E-state index in [1.165, 1.54) is 18.3 Å². The van der Waals surface area contributed by atoms with Crippen LogP contribution in [0.1, 0.15) is 68.6 Å². The number of H-pyrrole nitrogens is 1. The Bertz CT molecular complexity index is 792. The van der Waals surface area contributed by atoms with E-state index in [0.717, 1.165) is 47.3 Å². The van der Waals surface area contributed by atoms with Crippen LogP contribution < -0.4 is 11.1 Å². The monoisotopic (exact) mass is 391 g/mol. The van der Waals surface area contributed by atoms with Crippen LogP contribution in [0.5, 0.6) is 0 Å². The number of aromatic nitrogens is 3. The van der Waals surface area contributed by atoms with Crippen LogP contribution in [0.15, 0.2) is 12.3 Å². The van der Waals surface area contributed by atoms with Crippen molar-refractivity contribution in [3.63, 3.8) is 0 Å². The molecule has 0 atom stereocenters. The van der Waals surface area contributed by atoms with Gasteiger partial charge in [0.2, 0.25) is 6.41 Å². The Morgan fingerprint density at radius 3 is 2.41 bits per heavy atom. The molecule has 0 saturated carbocycles. The minimum atomic E-state index is 0.401. The Labute approximate surface area is 167 Å². The third-order valence-corrected chi connectivity index (χ3v) is 4.66. The summed E-state index contributed by atoms with van der Waals surface area (Å²) in [5, 5.41) is 5.86. The van der Waals surface area contributed by atoms with Gasteiger partial charge in [0.1, 0.15) is 4.64 Å². The van der Waals surface area contributed by atoms with Crippen LogP contribution in [0.25, 0.3) is 0 Å². The van der Waals surface area contributed by atoms with E-state index in [2.05, 4.69) is 43.8 Å². The number of fused-ring (bicyclic) bond motifs is 1. The summed E-state index contributed by atoms with van der Waals surface area (Å²) in [5.41, 5.74) is 10.2. The van der Waals surface area contributed by atoms with Crippen molar-refractivity contribution < 1.29 is 4.79 Å². The van der Waals surface area contributed by atoms with Crippen LogP contribution >= 0.6 is 12.2 Å². The van der Waals surface area contributed by atoms with Crippen LogP contribution in [0.3, 0.4) is 0 Å². The first-order valence-corrected chi connectivity index (χ1v) is 9.83. The van der Waals surface area contributed by atoms with Gasteiger partial charge in [-0.25, -0.2) is 0 Å². The van der Waals surface area contributed by atoms with E-state index in [9.17, 15) is 4.79 Å². The van der Waals surface area contributed by atoms with Crippen LogP contribution in [0.4, 0.5) is 5.69 Å². The average molecular weight is 392 g/mol. The van der Waals surface area contributed by atoms with E-state index in [1.807, 2.05) is 23.9 Å². The number of rotatable bonds is 4. The predicted molar refractivity (Wildman–Crippen MR) is 115 cm³/mol. The number of aryl methyl sites for hydroxylation is 1. The van der Waals surface area contributed by atoms with Crippen LogP contribution in [0, 0.1) is 11.6 Å². The van der Waals surface area contributed by atoms with Gasteiger partial charge in [0.15, 0.2) is 0 Å². The molecule has 0 unspecified atom stereocenters. The lowest BCUT2D eigenvalue weighted by Gasteiger charge is -2.16. The largest absolute Gasteiger partial charge is 0.333 e. The fraction of sp³-hybridized carbons (Fsp3) is 0.550. The number of carbonyl (C=O) groups excluding carboxylic acids is 1. The number of carbonyl (C=O) groups is 1. The zero-order chi connectivity index (χ0) is 20.6. The topological polar surface area (TPSA) is 88.7 Å². The zero-order valence-corrected chi connectivity index (χ0v) is 18.1. The Hall–Kier alpha value is -1.99. The molecule has 2 aromatic heterocycles. The zero-order valence-electron chi connectivity index (χ0n) is 17.3. The number of anilines is 1. The highest BCUT2D eigenvalue weighted by molar-refractivity contribution is 7.71. The SMILES string of the molecule is CC(C)n1ccc(=S)[nH]1.CN.Cc1c(C(C)C)nc2c(c1NC=O)CCC2. The van der Waals surface area contributed by atoms with E-state index < -0.39 is 0 Å². The standard InChI is InChI=1S/C13H18N2O.C6H10N2S.CH5N/c1-8(2)12-9(3)13(14-7-16)10-5-4-6-11(10)15-12;1-5(2)8-4-3-6(9)7-8;1-2/h7-8H,4-6H2,1-3H3,(H,14,15,16);3-5H,1-2H3,(H,7,9);2H2,1H3. The van der Waals surface area contributed by atoms with Crippen molar-refractivity contribution in [2.24, 2.45) is 5.73 Å². The molecule has 0 aliphatic heterocycles. The van der Waals surface area contributed by atoms with Crippen LogP contribution in [-0.2, 0) is 17.6 Å². The molecule has 6 nitrogen and oxygen atoms in total. The molecule has 150 valence electrons. The minimum Gasteiger partial charge on any atom is -0.333 e. The first kappa shape index (κ1) is 23.0. The minimum absolute atomic E-state index is 0.401. The molecule has 0 spiro atoms. The summed E-state index contributed by atoms with van der Waals surface area (Å²) in [7, 11) is 1.50. The first-order valence-electron chi connectivity index (χ1n) is 9.42. The molecule has 1 aliphatic rings. The van der Waals surface area contributed by atoms with Crippen molar-refractivity contribution in [2.45, 2.75) is 65.8 Å². The summed E-state index contributed by atoms with van der Waals surface area (Å²) >= 11 is 4.88. The average Bonchev–Trinajstić information content (AvgIpc) is 3.28. The van der Waals surface area contributed by atoms with Gasteiger partial charge < -0.3 is 11.1 Å². The Morgan fingerprint density at radius 1 is 1.30 bits per heavy atom. The van der Waals surface area contributed by atoms with Gasteiger partial charge in [0, 0.05) is 23.6 Å². The summed E-state index contributed by atoms with van der Waals surface area (Å²) < 4.78 is 2.77. The third kappa shape index (κ3) is 6.01. The smallest absolute Gasteiger partial charge is 0.211 e. The molecule has 0 fully saturated rings. The molecule has 1 amide bonds. The molecule has 0 saturated heterocycles. The van der Waals surface area contributed by atoms with Gasteiger partial charge in [-0.15, -0.1) is 0 Å². The van der Waals surface area contributed by atoms with Gasteiger partial charge >= 0.3 is 0 Å². The highest BCUT2D eigenvalue weighted by Crippen LogP contribution is 2.33. The quantitative estimate of drug-likeness (QED) is 0.536. The normalized spacial score (nSPS) is 12.0. The van der Waals surface area contributed by atoms with Gasteiger partial charge in [-0.2, -0.15) is 0 Å². The molecule has 0 bridgehead atoms. The lowest BCUT2D eigenvalue weighted by Crippen LogP contribution is -2.08. The van der Waals surface area contributed by atoms with Gasteiger partial charge in [-0.3, -0.25) is 19.6 Å².